The maximum Gasteiger partial charge on any atom is 0.408 e. The van der Waals surface area contributed by atoms with Crippen LogP contribution in [-0.2, 0) is 26.5 Å². The standard InChI is InChI=1S/C33H32N2O5/c1-24-17-19-28(20-18-24)33(26-13-7-3-8-14-26,27-15-9-4-10-16-27)35-30(36)22-21-29(31(37)38)34-32(39)40-23-25-11-5-2-6-12-25/h2-20,29H,21-23H2,1H3,(H,34,39)(H,35,36)(H,37,38)/t29-/m0/s1. The fourth-order valence-corrected chi connectivity index (χ4v) is 4.61. The molecule has 0 saturated carbocycles. The Kier molecular flexibility index (Phi) is 9.31. The predicted molar refractivity (Wildman–Crippen MR) is 153 cm³/mol. The Morgan fingerprint density at radius 1 is 0.750 bits per heavy atom. The summed E-state index contributed by atoms with van der Waals surface area (Å²) in [7, 11) is 0. The minimum absolute atomic E-state index is 0.00667. The number of alkyl carbamates (subject to hydrolysis) is 1. The van der Waals surface area contributed by atoms with Crippen molar-refractivity contribution in [1.82, 2.24) is 10.6 Å². The van der Waals surface area contributed by atoms with E-state index in [4.69, 9.17) is 4.74 Å². The quantitative estimate of drug-likeness (QED) is 0.218. The zero-order valence-electron chi connectivity index (χ0n) is 22.2. The van der Waals surface area contributed by atoms with Gasteiger partial charge in [0.05, 0.1) is 0 Å². The third kappa shape index (κ3) is 6.94. The van der Waals surface area contributed by atoms with Crippen molar-refractivity contribution >= 4 is 18.0 Å². The van der Waals surface area contributed by atoms with Crippen LogP contribution in [0.3, 0.4) is 0 Å². The minimum Gasteiger partial charge on any atom is -0.480 e. The Labute approximate surface area is 233 Å². The molecular weight excluding hydrogens is 504 g/mol. The largest absolute Gasteiger partial charge is 0.480 e. The lowest BCUT2D eigenvalue weighted by Gasteiger charge is -2.37. The van der Waals surface area contributed by atoms with Crippen molar-refractivity contribution in [3.8, 4) is 0 Å². The van der Waals surface area contributed by atoms with Gasteiger partial charge in [0, 0.05) is 6.42 Å². The monoisotopic (exact) mass is 536 g/mol. The van der Waals surface area contributed by atoms with Gasteiger partial charge in [-0.3, -0.25) is 4.79 Å². The van der Waals surface area contributed by atoms with Crippen LogP contribution in [-0.4, -0.2) is 29.1 Å². The maximum absolute atomic E-state index is 13.5. The van der Waals surface area contributed by atoms with E-state index in [2.05, 4.69) is 10.6 Å². The summed E-state index contributed by atoms with van der Waals surface area (Å²) in [4.78, 5) is 37.7. The first-order valence-corrected chi connectivity index (χ1v) is 13.1. The molecule has 0 aliphatic rings. The van der Waals surface area contributed by atoms with Gasteiger partial charge in [-0.25, -0.2) is 9.59 Å². The van der Waals surface area contributed by atoms with Gasteiger partial charge in [-0.05, 0) is 35.6 Å². The van der Waals surface area contributed by atoms with Crippen molar-refractivity contribution in [3.05, 3.63) is 143 Å². The summed E-state index contributed by atoms with van der Waals surface area (Å²) >= 11 is 0. The molecule has 0 bridgehead atoms. The second kappa shape index (κ2) is 13.2. The Bertz CT molecular complexity index is 1370. The zero-order valence-corrected chi connectivity index (χ0v) is 22.2. The Hall–Kier alpha value is -4.91. The highest BCUT2D eigenvalue weighted by Gasteiger charge is 2.38. The molecule has 40 heavy (non-hydrogen) atoms. The molecule has 0 aliphatic carbocycles. The van der Waals surface area contributed by atoms with Gasteiger partial charge in [0.1, 0.15) is 18.2 Å². The summed E-state index contributed by atoms with van der Waals surface area (Å²) in [5.41, 5.74) is 3.42. The number of carboxylic acid groups (broad SMARTS) is 1. The van der Waals surface area contributed by atoms with Crippen LogP contribution in [0.25, 0.3) is 0 Å². The lowest BCUT2D eigenvalue weighted by atomic mass is 9.76. The SMILES string of the molecule is Cc1ccc(C(NC(=O)CC[C@H](NC(=O)OCc2ccccc2)C(=O)O)(c2ccccc2)c2ccccc2)cc1. The van der Waals surface area contributed by atoms with Crippen molar-refractivity contribution < 1.29 is 24.2 Å². The fourth-order valence-electron chi connectivity index (χ4n) is 4.61. The van der Waals surface area contributed by atoms with Crippen LogP contribution in [0.4, 0.5) is 4.79 Å². The summed E-state index contributed by atoms with van der Waals surface area (Å²) in [6.07, 6.45) is -1.11. The molecule has 1 atom stereocenters. The summed E-state index contributed by atoms with van der Waals surface area (Å²) in [6.45, 7) is 2.01. The number of nitrogens with one attached hydrogen (secondary N) is 2. The number of hydrogen-bond donors (Lipinski definition) is 3. The van der Waals surface area contributed by atoms with E-state index in [1.807, 2.05) is 110 Å². The van der Waals surface area contributed by atoms with Gasteiger partial charge in [0.25, 0.3) is 0 Å². The highest BCUT2D eigenvalue weighted by Crippen LogP contribution is 2.37. The van der Waals surface area contributed by atoms with Crippen LogP contribution < -0.4 is 10.6 Å². The highest BCUT2D eigenvalue weighted by molar-refractivity contribution is 5.82. The number of amides is 2. The van der Waals surface area contributed by atoms with E-state index < -0.39 is 23.6 Å². The number of carbonyl (C=O) groups is 3. The first-order chi connectivity index (χ1) is 19.4. The summed E-state index contributed by atoms with van der Waals surface area (Å²) in [5, 5.41) is 15.3. The number of hydrogen-bond acceptors (Lipinski definition) is 4. The van der Waals surface area contributed by atoms with Gasteiger partial charge in [0.2, 0.25) is 5.91 Å². The van der Waals surface area contributed by atoms with Crippen LogP contribution in [0.1, 0.15) is 40.7 Å². The van der Waals surface area contributed by atoms with Crippen molar-refractivity contribution in [2.45, 2.75) is 38.0 Å². The van der Waals surface area contributed by atoms with Crippen molar-refractivity contribution in [2.24, 2.45) is 0 Å². The van der Waals surface area contributed by atoms with Crippen LogP contribution in [0.15, 0.2) is 115 Å². The van der Waals surface area contributed by atoms with E-state index >= 15 is 0 Å². The van der Waals surface area contributed by atoms with Gasteiger partial charge in [-0.2, -0.15) is 0 Å². The van der Waals surface area contributed by atoms with Crippen molar-refractivity contribution in [3.63, 3.8) is 0 Å². The van der Waals surface area contributed by atoms with Gasteiger partial charge >= 0.3 is 12.1 Å². The Morgan fingerprint density at radius 3 is 1.77 bits per heavy atom. The molecule has 0 radical (unpaired) electrons. The molecule has 3 N–H and O–H groups in total. The van der Waals surface area contributed by atoms with Gasteiger partial charge in [-0.15, -0.1) is 0 Å². The van der Waals surface area contributed by atoms with Crippen LogP contribution in [0.5, 0.6) is 0 Å². The number of carboxylic acids is 1. The summed E-state index contributed by atoms with van der Waals surface area (Å²) < 4.78 is 5.17. The van der Waals surface area contributed by atoms with Gasteiger partial charge in [-0.1, -0.05) is 121 Å². The number of aryl methyl sites for hydroxylation is 1. The third-order valence-electron chi connectivity index (χ3n) is 6.69. The number of carbonyl (C=O) groups excluding carboxylic acids is 2. The molecule has 0 aromatic heterocycles. The van der Waals surface area contributed by atoms with Gasteiger partial charge in [0.15, 0.2) is 0 Å². The summed E-state index contributed by atoms with van der Waals surface area (Å²) in [6, 6.07) is 35.0. The lowest BCUT2D eigenvalue weighted by molar-refractivity contribution is -0.139. The maximum atomic E-state index is 13.5. The third-order valence-corrected chi connectivity index (χ3v) is 6.69. The van der Waals surface area contributed by atoms with Crippen molar-refractivity contribution in [1.29, 1.82) is 0 Å². The smallest absolute Gasteiger partial charge is 0.408 e. The molecule has 4 aromatic rings. The number of ether oxygens (including phenoxy) is 1. The van der Waals surface area contributed by atoms with Crippen LogP contribution >= 0.6 is 0 Å². The summed E-state index contributed by atoms with van der Waals surface area (Å²) in [5.74, 6) is -1.61. The van der Waals surface area contributed by atoms with E-state index in [9.17, 15) is 19.5 Å². The molecule has 0 heterocycles. The average Bonchev–Trinajstić information content (AvgIpc) is 2.98. The highest BCUT2D eigenvalue weighted by atomic mass is 16.5. The molecule has 0 fully saturated rings. The molecule has 7 heteroatoms. The number of aliphatic carboxylic acids is 1. The second-order valence-electron chi connectivity index (χ2n) is 9.53. The minimum atomic E-state index is -1.30. The second-order valence-corrected chi connectivity index (χ2v) is 9.53. The van der Waals surface area contributed by atoms with E-state index in [0.717, 1.165) is 27.8 Å². The topological polar surface area (TPSA) is 105 Å². The normalized spacial score (nSPS) is 11.7. The molecule has 0 spiro atoms. The van der Waals surface area contributed by atoms with Gasteiger partial charge < -0.3 is 20.5 Å². The number of benzene rings is 4. The van der Waals surface area contributed by atoms with Crippen LogP contribution in [0.2, 0.25) is 0 Å². The molecule has 0 aliphatic heterocycles. The molecule has 4 rings (SSSR count). The van der Waals surface area contributed by atoms with E-state index in [0.29, 0.717) is 0 Å². The van der Waals surface area contributed by atoms with E-state index in [-0.39, 0.29) is 25.4 Å². The van der Waals surface area contributed by atoms with E-state index in [1.54, 1.807) is 12.1 Å². The number of rotatable bonds is 11. The predicted octanol–water partition coefficient (Wildman–Crippen LogP) is 5.56. The van der Waals surface area contributed by atoms with Crippen molar-refractivity contribution in [2.75, 3.05) is 0 Å². The molecule has 0 unspecified atom stereocenters. The first kappa shape index (κ1) is 28.1. The molecule has 0 saturated heterocycles. The molecule has 2 amide bonds. The molecule has 204 valence electrons. The lowest BCUT2D eigenvalue weighted by Crippen LogP contribution is -2.48. The fraction of sp³-hybridized carbons (Fsp3) is 0.182. The molecule has 4 aromatic carbocycles. The molecule has 7 nitrogen and oxygen atoms in total. The first-order valence-electron chi connectivity index (χ1n) is 13.1. The zero-order chi connectivity index (χ0) is 28.4. The van der Waals surface area contributed by atoms with Crippen LogP contribution in [0, 0.1) is 6.92 Å². The Balaban J connectivity index is 1.54. The molecular formula is C33H32N2O5. The Morgan fingerprint density at radius 2 is 1.25 bits per heavy atom. The van der Waals surface area contributed by atoms with E-state index in [1.165, 1.54) is 0 Å². The average molecular weight is 537 g/mol.